The van der Waals surface area contributed by atoms with Gasteiger partial charge in [0.1, 0.15) is 5.82 Å². The number of rotatable bonds is 4. The number of hydrogen-bond acceptors (Lipinski definition) is 4. The highest BCUT2D eigenvalue weighted by atomic mass is 15.2. The van der Waals surface area contributed by atoms with Crippen LogP contribution in [0.15, 0.2) is 12.3 Å². The molecule has 4 nitrogen and oxygen atoms in total. The lowest BCUT2D eigenvalue weighted by atomic mass is 9.90. The van der Waals surface area contributed by atoms with E-state index >= 15 is 0 Å². The van der Waals surface area contributed by atoms with E-state index in [1.54, 1.807) is 0 Å². The van der Waals surface area contributed by atoms with E-state index in [-0.39, 0.29) is 6.04 Å². The summed E-state index contributed by atoms with van der Waals surface area (Å²) in [6, 6.07) is 3.71. The van der Waals surface area contributed by atoms with Crippen molar-refractivity contribution < 1.29 is 0 Å². The van der Waals surface area contributed by atoms with Crippen molar-refractivity contribution in [2.45, 2.75) is 69.5 Å². The number of hydrogen-bond donors (Lipinski definition) is 1. The Morgan fingerprint density at radius 1 is 1.35 bits per heavy atom. The van der Waals surface area contributed by atoms with Gasteiger partial charge in [-0.3, -0.25) is 0 Å². The minimum atomic E-state index is 0.214. The van der Waals surface area contributed by atoms with Crippen LogP contribution in [0, 0.1) is 0 Å². The van der Waals surface area contributed by atoms with Crippen LogP contribution in [0.5, 0.6) is 0 Å². The number of nitrogens with zero attached hydrogens (tertiary/aromatic N) is 3. The lowest BCUT2D eigenvalue weighted by molar-refractivity contribution is 0.158. The molecule has 2 bridgehead atoms. The van der Waals surface area contributed by atoms with Gasteiger partial charge in [-0.05, 0) is 45.2 Å². The lowest BCUT2D eigenvalue weighted by Crippen LogP contribution is -2.39. The average Bonchev–Trinajstić information content (AvgIpc) is 2.68. The molecule has 2 aliphatic heterocycles. The van der Waals surface area contributed by atoms with Crippen molar-refractivity contribution in [2.75, 3.05) is 7.05 Å². The molecule has 0 spiro atoms. The quantitative estimate of drug-likeness (QED) is 0.913. The molecule has 2 aliphatic rings. The Morgan fingerprint density at radius 3 is 2.70 bits per heavy atom. The smallest absolute Gasteiger partial charge is 0.131 e. The van der Waals surface area contributed by atoms with E-state index in [0.717, 1.165) is 36.4 Å². The lowest BCUT2D eigenvalue weighted by Gasteiger charge is -2.35. The van der Waals surface area contributed by atoms with E-state index in [9.17, 15) is 0 Å². The van der Waals surface area contributed by atoms with E-state index in [1.807, 2.05) is 12.3 Å². The Balaban J connectivity index is 1.73. The Morgan fingerprint density at radius 2 is 2.05 bits per heavy atom. The van der Waals surface area contributed by atoms with Crippen molar-refractivity contribution in [3.63, 3.8) is 0 Å². The van der Waals surface area contributed by atoms with Crippen molar-refractivity contribution >= 4 is 0 Å². The largest absolute Gasteiger partial charge is 0.327 e. The van der Waals surface area contributed by atoms with Gasteiger partial charge < -0.3 is 10.6 Å². The molecule has 110 valence electrons. The van der Waals surface area contributed by atoms with Gasteiger partial charge in [0.15, 0.2) is 0 Å². The topological polar surface area (TPSA) is 55.0 Å². The van der Waals surface area contributed by atoms with Crippen LogP contribution in [0.2, 0.25) is 0 Å². The molecule has 1 aromatic rings. The predicted molar refractivity (Wildman–Crippen MR) is 80.6 cm³/mol. The molecule has 3 rings (SSSR count). The first-order valence-corrected chi connectivity index (χ1v) is 7.96. The summed E-state index contributed by atoms with van der Waals surface area (Å²) in [6.07, 6.45) is 8.91. The summed E-state index contributed by atoms with van der Waals surface area (Å²) >= 11 is 0. The summed E-state index contributed by atoms with van der Waals surface area (Å²) in [6.45, 7) is 2.13. The van der Waals surface area contributed by atoms with Gasteiger partial charge in [-0.25, -0.2) is 9.97 Å². The van der Waals surface area contributed by atoms with Gasteiger partial charge in [-0.15, -0.1) is 0 Å². The van der Waals surface area contributed by atoms with Crippen LogP contribution in [-0.4, -0.2) is 40.0 Å². The molecular formula is C16H26N4. The Bertz CT molecular complexity index is 448. The second-order valence-electron chi connectivity index (χ2n) is 6.50. The zero-order chi connectivity index (χ0) is 14.1. The molecule has 2 N–H and O–H groups in total. The molecule has 20 heavy (non-hydrogen) atoms. The number of fused-ring (bicyclic) bond motifs is 2. The van der Waals surface area contributed by atoms with Crippen LogP contribution in [0.1, 0.15) is 56.5 Å². The van der Waals surface area contributed by atoms with Gasteiger partial charge in [0.05, 0.1) is 0 Å². The van der Waals surface area contributed by atoms with Crippen molar-refractivity contribution in [3.8, 4) is 0 Å². The Kier molecular flexibility index (Phi) is 4.03. The molecule has 0 aromatic carbocycles. The minimum Gasteiger partial charge on any atom is -0.327 e. The van der Waals surface area contributed by atoms with Crippen LogP contribution in [0.3, 0.4) is 0 Å². The van der Waals surface area contributed by atoms with Crippen LogP contribution in [0.4, 0.5) is 0 Å². The van der Waals surface area contributed by atoms with Gasteiger partial charge in [-0.1, -0.05) is 6.92 Å². The third kappa shape index (κ3) is 2.72. The first kappa shape index (κ1) is 14.0. The molecule has 2 saturated heterocycles. The number of nitrogens with two attached hydrogens (primary N) is 1. The summed E-state index contributed by atoms with van der Waals surface area (Å²) in [7, 11) is 2.27. The van der Waals surface area contributed by atoms with Gasteiger partial charge in [-0.2, -0.15) is 0 Å². The molecule has 0 saturated carbocycles. The number of piperidine rings is 1. The van der Waals surface area contributed by atoms with Crippen LogP contribution >= 0.6 is 0 Å². The molecule has 0 amide bonds. The first-order valence-electron chi connectivity index (χ1n) is 7.96. The average molecular weight is 274 g/mol. The second-order valence-corrected chi connectivity index (χ2v) is 6.50. The fourth-order valence-electron chi connectivity index (χ4n) is 3.76. The molecule has 0 radical (unpaired) electrons. The second kappa shape index (κ2) is 5.78. The molecule has 4 heteroatoms. The molecule has 3 heterocycles. The van der Waals surface area contributed by atoms with Crippen molar-refractivity contribution in [1.82, 2.24) is 14.9 Å². The predicted octanol–water partition coefficient (Wildman–Crippen LogP) is 2.10. The Hall–Kier alpha value is -1.00. The minimum absolute atomic E-state index is 0.214. The maximum atomic E-state index is 6.04. The van der Waals surface area contributed by atoms with Crippen molar-refractivity contribution in [1.29, 1.82) is 0 Å². The molecule has 2 fully saturated rings. The maximum Gasteiger partial charge on any atom is 0.131 e. The van der Waals surface area contributed by atoms with E-state index in [0.29, 0.717) is 5.92 Å². The number of aromatic nitrogens is 2. The monoisotopic (exact) mass is 274 g/mol. The fourth-order valence-corrected chi connectivity index (χ4v) is 3.76. The summed E-state index contributed by atoms with van der Waals surface area (Å²) in [5.74, 6) is 1.59. The summed E-state index contributed by atoms with van der Waals surface area (Å²) in [5.41, 5.74) is 7.15. The SMILES string of the molecule is CCC(N)Cc1ccnc(C2CC3CCC(C2)N3C)n1. The molecular weight excluding hydrogens is 248 g/mol. The van der Waals surface area contributed by atoms with E-state index in [1.165, 1.54) is 25.7 Å². The zero-order valence-corrected chi connectivity index (χ0v) is 12.6. The molecule has 3 unspecified atom stereocenters. The highest BCUT2D eigenvalue weighted by Crippen LogP contribution is 2.40. The van der Waals surface area contributed by atoms with Crippen LogP contribution in [-0.2, 0) is 6.42 Å². The Labute approximate surface area is 121 Å². The first-order chi connectivity index (χ1) is 9.67. The maximum absolute atomic E-state index is 6.04. The highest BCUT2D eigenvalue weighted by Gasteiger charge is 2.39. The normalized spacial score (nSPS) is 31.4. The molecule has 0 aliphatic carbocycles. The molecule has 3 atom stereocenters. The summed E-state index contributed by atoms with van der Waals surface area (Å²) in [4.78, 5) is 11.9. The van der Waals surface area contributed by atoms with Gasteiger partial charge >= 0.3 is 0 Å². The van der Waals surface area contributed by atoms with Gasteiger partial charge in [0, 0.05) is 42.4 Å². The van der Waals surface area contributed by atoms with Crippen molar-refractivity contribution in [2.24, 2.45) is 5.73 Å². The molecule has 1 aromatic heterocycles. The summed E-state index contributed by atoms with van der Waals surface area (Å²) in [5, 5.41) is 0. The van der Waals surface area contributed by atoms with Crippen LogP contribution < -0.4 is 5.73 Å². The zero-order valence-electron chi connectivity index (χ0n) is 12.6. The van der Waals surface area contributed by atoms with Gasteiger partial charge in [0.2, 0.25) is 0 Å². The third-order valence-electron chi connectivity index (χ3n) is 5.19. The fraction of sp³-hybridized carbons (Fsp3) is 0.750. The standard InChI is InChI=1S/C16H26N4/c1-3-12(17)10-13-6-7-18-16(19-13)11-8-14-4-5-15(9-11)20(14)2/h6-7,11-12,14-15H,3-5,8-10,17H2,1-2H3. The summed E-state index contributed by atoms with van der Waals surface area (Å²) < 4.78 is 0. The van der Waals surface area contributed by atoms with Crippen molar-refractivity contribution in [3.05, 3.63) is 23.8 Å². The van der Waals surface area contributed by atoms with Crippen LogP contribution in [0.25, 0.3) is 0 Å². The van der Waals surface area contributed by atoms with E-state index < -0.39 is 0 Å². The highest BCUT2D eigenvalue weighted by molar-refractivity contribution is 5.10. The van der Waals surface area contributed by atoms with E-state index in [4.69, 9.17) is 10.7 Å². The third-order valence-corrected chi connectivity index (χ3v) is 5.19. The van der Waals surface area contributed by atoms with Gasteiger partial charge in [0.25, 0.3) is 0 Å². The van der Waals surface area contributed by atoms with E-state index in [2.05, 4.69) is 23.9 Å².